The van der Waals surface area contributed by atoms with Crippen LogP contribution >= 0.6 is 0 Å². The van der Waals surface area contributed by atoms with Gasteiger partial charge in [-0.1, -0.05) is 18.2 Å². The van der Waals surface area contributed by atoms with Crippen LogP contribution in [0.5, 0.6) is 11.5 Å². The summed E-state index contributed by atoms with van der Waals surface area (Å²) < 4.78 is 11.8. The molecule has 0 saturated carbocycles. The molecule has 2 aliphatic heterocycles. The average molecular weight is 287 g/mol. The summed E-state index contributed by atoms with van der Waals surface area (Å²) in [6.45, 7) is 1.96. The van der Waals surface area contributed by atoms with Crippen LogP contribution in [0.4, 0.5) is 0 Å². The van der Waals surface area contributed by atoms with Crippen LogP contribution in [0.15, 0.2) is 24.3 Å². The monoisotopic (exact) mass is 287 g/mol. The van der Waals surface area contributed by atoms with Crippen LogP contribution in [-0.2, 0) is 12.0 Å². The molecule has 0 fully saturated rings. The van der Waals surface area contributed by atoms with Crippen molar-refractivity contribution in [2.75, 3.05) is 20.7 Å². The number of methoxy groups -OCH3 is 1. The summed E-state index contributed by atoms with van der Waals surface area (Å²) >= 11 is 0. The van der Waals surface area contributed by atoms with E-state index in [1.54, 1.807) is 7.11 Å². The minimum absolute atomic E-state index is 0.00838. The van der Waals surface area contributed by atoms with Crippen molar-refractivity contribution in [2.24, 2.45) is 0 Å². The highest BCUT2D eigenvalue weighted by atomic mass is 16.5. The molecule has 2 heterocycles. The third kappa shape index (κ3) is 1.75. The van der Waals surface area contributed by atoms with E-state index < -0.39 is 6.10 Å². The molecule has 1 N–H and O–H groups in total. The first-order valence-corrected chi connectivity index (χ1v) is 7.57. The average Bonchev–Trinajstić information content (AvgIpc) is 2.72. The molecule has 1 aromatic rings. The molecule has 0 amide bonds. The van der Waals surface area contributed by atoms with E-state index in [9.17, 15) is 5.11 Å². The number of aliphatic hydroxyl groups excluding tert-OH is 1. The van der Waals surface area contributed by atoms with Crippen LogP contribution in [0.3, 0.4) is 0 Å². The second kappa shape index (κ2) is 4.49. The number of ether oxygens (including phenoxy) is 2. The number of hydrogen-bond acceptors (Lipinski definition) is 4. The van der Waals surface area contributed by atoms with Gasteiger partial charge in [0.15, 0.2) is 11.5 Å². The lowest BCUT2D eigenvalue weighted by atomic mass is 9.69. The molecular weight excluding hydrogens is 266 g/mol. The topological polar surface area (TPSA) is 41.9 Å². The van der Waals surface area contributed by atoms with Crippen molar-refractivity contribution in [3.63, 3.8) is 0 Å². The highest BCUT2D eigenvalue weighted by Gasteiger charge is 2.52. The highest BCUT2D eigenvalue weighted by Crippen LogP contribution is 2.55. The van der Waals surface area contributed by atoms with Gasteiger partial charge in [0.25, 0.3) is 0 Å². The number of hydrogen-bond donors (Lipinski definition) is 1. The Balaban J connectivity index is 1.95. The van der Waals surface area contributed by atoms with Crippen molar-refractivity contribution >= 4 is 0 Å². The number of benzene rings is 1. The fraction of sp³-hybridized carbons (Fsp3) is 0.529. The smallest absolute Gasteiger partial charge is 0.166 e. The SMILES string of the molecule is COc1ccc2c3c1OC1C[C@@H](O)C=CC31CCN(C)C2. The molecule has 21 heavy (non-hydrogen) atoms. The zero-order chi connectivity index (χ0) is 14.6. The Morgan fingerprint density at radius 3 is 3.10 bits per heavy atom. The van der Waals surface area contributed by atoms with Gasteiger partial charge in [-0.25, -0.2) is 0 Å². The van der Waals surface area contributed by atoms with E-state index in [1.807, 2.05) is 12.1 Å². The summed E-state index contributed by atoms with van der Waals surface area (Å²) in [4.78, 5) is 2.35. The van der Waals surface area contributed by atoms with Crippen molar-refractivity contribution in [3.8, 4) is 11.5 Å². The summed E-state index contributed by atoms with van der Waals surface area (Å²) in [5, 5.41) is 9.97. The molecule has 0 saturated heterocycles. The Morgan fingerprint density at radius 1 is 1.43 bits per heavy atom. The molecule has 1 spiro atoms. The summed E-state index contributed by atoms with van der Waals surface area (Å²) in [7, 11) is 3.84. The molecule has 4 rings (SSSR count). The van der Waals surface area contributed by atoms with Gasteiger partial charge in [0.1, 0.15) is 6.10 Å². The fourth-order valence-corrected chi connectivity index (χ4v) is 4.08. The first-order valence-electron chi connectivity index (χ1n) is 7.57. The van der Waals surface area contributed by atoms with E-state index in [-0.39, 0.29) is 11.5 Å². The Labute approximate surface area is 125 Å². The van der Waals surface area contributed by atoms with Crippen LogP contribution in [0, 0.1) is 0 Å². The maximum Gasteiger partial charge on any atom is 0.166 e. The zero-order valence-electron chi connectivity index (χ0n) is 12.5. The molecule has 1 aromatic carbocycles. The molecular formula is C17H21NO3. The lowest BCUT2D eigenvalue weighted by Gasteiger charge is -2.35. The van der Waals surface area contributed by atoms with Crippen molar-refractivity contribution < 1.29 is 14.6 Å². The normalized spacial score (nSPS) is 33.9. The summed E-state index contributed by atoms with van der Waals surface area (Å²) in [5.41, 5.74) is 2.48. The van der Waals surface area contributed by atoms with Crippen LogP contribution in [0.2, 0.25) is 0 Å². The van der Waals surface area contributed by atoms with E-state index in [4.69, 9.17) is 9.47 Å². The van der Waals surface area contributed by atoms with E-state index in [0.29, 0.717) is 6.42 Å². The van der Waals surface area contributed by atoms with Gasteiger partial charge in [-0.05, 0) is 31.6 Å². The van der Waals surface area contributed by atoms with E-state index >= 15 is 0 Å². The molecule has 4 nitrogen and oxygen atoms in total. The number of aliphatic hydroxyl groups is 1. The molecule has 3 aliphatic rings. The number of rotatable bonds is 1. The van der Waals surface area contributed by atoms with Crippen LogP contribution in [0.25, 0.3) is 0 Å². The molecule has 0 radical (unpaired) electrons. The Hall–Kier alpha value is -1.52. The lowest BCUT2D eigenvalue weighted by molar-refractivity contribution is 0.0821. The predicted molar refractivity (Wildman–Crippen MR) is 79.8 cm³/mol. The molecule has 112 valence electrons. The van der Waals surface area contributed by atoms with E-state index in [1.165, 1.54) is 11.1 Å². The van der Waals surface area contributed by atoms with Gasteiger partial charge in [0, 0.05) is 18.5 Å². The minimum atomic E-state index is -0.412. The van der Waals surface area contributed by atoms with Crippen molar-refractivity contribution in [2.45, 2.75) is 37.0 Å². The van der Waals surface area contributed by atoms with E-state index in [2.05, 4.69) is 24.1 Å². The quantitative estimate of drug-likeness (QED) is 0.801. The second-order valence-corrected chi connectivity index (χ2v) is 6.43. The first-order chi connectivity index (χ1) is 10.1. The van der Waals surface area contributed by atoms with Crippen LogP contribution in [-0.4, -0.2) is 42.9 Å². The summed E-state index contributed by atoms with van der Waals surface area (Å²) in [5.74, 6) is 1.68. The summed E-state index contributed by atoms with van der Waals surface area (Å²) in [6.07, 6.45) is 5.38. The Bertz CT molecular complexity index is 612. The van der Waals surface area contributed by atoms with Crippen LogP contribution < -0.4 is 9.47 Å². The lowest BCUT2D eigenvalue weighted by Crippen LogP contribution is -2.42. The third-order valence-corrected chi connectivity index (χ3v) is 5.15. The fourth-order valence-electron chi connectivity index (χ4n) is 4.08. The maximum atomic E-state index is 9.97. The standard InChI is InChI=1S/C17H21NO3/c1-18-8-7-17-6-5-12(19)9-14(17)21-16-13(20-2)4-3-11(10-18)15(16)17/h3-6,12,14,19H,7-10H2,1-2H3/t12-,14?,17?/m0/s1. The van der Waals surface area contributed by atoms with Crippen molar-refractivity contribution in [1.82, 2.24) is 4.90 Å². The second-order valence-electron chi connectivity index (χ2n) is 6.43. The van der Waals surface area contributed by atoms with Crippen molar-refractivity contribution in [3.05, 3.63) is 35.4 Å². The van der Waals surface area contributed by atoms with Gasteiger partial charge in [0.05, 0.1) is 18.6 Å². The van der Waals surface area contributed by atoms with Gasteiger partial charge in [0.2, 0.25) is 0 Å². The molecule has 0 aromatic heterocycles. The Kier molecular flexibility index (Phi) is 2.81. The van der Waals surface area contributed by atoms with E-state index in [0.717, 1.165) is 31.0 Å². The van der Waals surface area contributed by atoms with Gasteiger partial charge in [-0.2, -0.15) is 0 Å². The molecule has 4 heteroatoms. The van der Waals surface area contributed by atoms with Gasteiger partial charge in [-0.15, -0.1) is 0 Å². The summed E-state index contributed by atoms with van der Waals surface area (Å²) in [6, 6.07) is 4.16. The number of nitrogens with zero attached hydrogens (tertiary/aromatic N) is 1. The van der Waals surface area contributed by atoms with Gasteiger partial charge >= 0.3 is 0 Å². The highest BCUT2D eigenvalue weighted by molar-refractivity contribution is 5.60. The molecule has 0 bridgehead atoms. The zero-order valence-corrected chi connectivity index (χ0v) is 12.5. The third-order valence-electron chi connectivity index (χ3n) is 5.15. The first kappa shape index (κ1) is 13.2. The molecule has 1 aliphatic carbocycles. The minimum Gasteiger partial charge on any atom is -0.493 e. The molecule has 2 unspecified atom stereocenters. The van der Waals surface area contributed by atoms with Gasteiger partial charge < -0.3 is 19.5 Å². The van der Waals surface area contributed by atoms with Crippen LogP contribution in [0.1, 0.15) is 24.0 Å². The van der Waals surface area contributed by atoms with Gasteiger partial charge in [-0.3, -0.25) is 0 Å². The maximum absolute atomic E-state index is 9.97. The van der Waals surface area contributed by atoms with Crippen molar-refractivity contribution in [1.29, 1.82) is 0 Å². The molecule has 3 atom stereocenters. The largest absolute Gasteiger partial charge is 0.493 e. The predicted octanol–water partition coefficient (Wildman–Crippen LogP) is 1.85. The Morgan fingerprint density at radius 2 is 2.29 bits per heavy atom.